The Morgan fingerprint density at radius 3 is 2.64 bits per heavy atom. The second-order valence-corrected chi connectivity index (χ2v) is 7.16. The minimum absolute atomic E-state index is 0.0442. The Labute approximate surface area is 158 Å². The number of benzene rings is 2. The number of thiocarbonyl (C=S) groups is 1. The number of hydrazine groups is 1. The van der Waals surface area contributed by atoms with Gasteiger partial charge in [-0.1, -0.05) is 46.3 Å². The lowest BCUT2D eigenvalue weighted by atomic mass is 10.1. The summed E-state index contributed by atoms with van der Waals surface area (Å²) in [6.07, 6.45) is 0. The van der Waals surface area contributed by atoms with Crippen molar-refractivity contribution >= 4 is 61.5 Å². The van der Waals surface area contributed by atoms with Gasteiger partial charge in [0.25, 0.3) is 0 Å². The van der Waals surface area contributed by atoms with Crippen LogP contribution in [0.1, 0.15) is 10.4 Å². The highest BCUT2D eigenvalue weighted by atomic mass is 79.9. The highest BCUT2D eigenvalue weighted by molar-refractivity contribution is 9.10. The van der Waals surface area contributed by atoms with Gasteiger partial charge in [-0.05, 0) is 30.4 Å². The molecule has 0 spiro atoms. The first kappa shape index (κ1) is 16.1. The number of para-hydroxylation sites is 1. The van der Waals surface area contributed by atoms with Crippen LogP contribution in [0.2, 0.25) is 0 Å². The van der Waals surface area contributed by atoms with E-state index in [4.69, 9.17) is 12.2 Å². The Morgan fingerprint density at radius 1 is 1.16 bits per heavy atom. The quantitative estimate of drug-likeness (QED) is 0.495. The number of Topliss-reactive ketones (excluding diaryl/α,β-unsaturated/α-hetero) is 1. The third kappa shape index (κ3) is 2.79. The molecule has 1 aliphatic heterocycles. The zero-order valence-electron chi connectivity index (χ0n) is 13.4. The van der Waals surface area contributed by atoms with Crippen molar-refractivity contribution in [1.29, 1.82) is 0 Å². The van der Waals surface area contributed by atoms with Gasteiger partial charge < -0.3 is 9.88 Å². The maximum atomic E-state index is 12.8. The van der Waals surface area contributed by atoms with E-state index in [1.54, 1.807) is 5.01 Å². The fraction of sp³-hybridized carbons (Fsp3) is 0.111. The van der Waals surface area contributed by atoms with Crippen LogP contribution in [0.5, 0.6) is 0 Å². The number of nitrogens with one attached hydrogen (secondary N) is 2. The molecule has 1 aromatic heterocycles. The normalized spacial score (nSPS) is 13.4. The predicted octanol–water partition coefficient (Wildman–Crippen LogP) is 4.26. The molecule has 2 heterocycles. The summed E-state index contributed by atoms with van der Waals surface area (Å²) >= 11 is 8.73. The Balaban J connectivity index is 1.79. The van der Waals surface area contributed by atoms with E-state index in [2.05, 4.69) is 26.7 Å². The molecule has 25 heavy (non-hydrogen) atoms. The first-order valence-corrected chi connectivity index (χ1v) is 8.96. The average molecular weight is 415 g/mol. The standard InChI is InChI=1S/C18H15BrN4OS/c1-22-18(25)20-17-16(21-22)13-4-2-3-5-14(13)23(17)10-15(24)11-6-8-12(19)9-7-11/h2-9,21H,10H2,1H3,(H,20,25). The summed E-state index contributed by atoms with van der Waals surface area (Å²) in [5.74, 6) is 0.859. The first-order chi connectivity index (χ1) is 12.0. The molecule has 7 heteroatoms. The smallest absolute Gasteiger partial charge is 0.193 e. The molecule has 126 valence electrons. The third-order valence-electron chi connectivity index (χ3n) is 4.25. The number of hydrogen-bond acceptors (Lipinski definition) is 3. The highest BCUT2D eigenvalue weighted by Gasteiger charge is 2.25. The monoisotopic (exact) mass is 414 g/mol. The van der Waals surface area contributed by atoms with Gasteiger partial charge in [-0.15, -0.1) is 0 Å². The van der Waals surface area contributed by atoms with Crippen molar-refractivity contribution < 1.29 is 4.79 Å². The van der Waals surface area contributed by atoms with Crippen LogP contribution >= 0.6 is 28.1 Å². The zero-order chi connectivity index (χ0) is 17.6. The van der Waals surface area contributed by atoms with Gasteiger partial charge in [0, 0.05) is 22.5 Å². The second kappa shape index (κ2) is 6.16. The number of rotatable bonds is 3. The topological polar surface area (TPSA) is 49.3 Å². The lowest BCUT2D eigenvalue weighted by Gasteiger charge is -2.29. The lowest BCUT2D eigenvalue weighted by Crippen LogP contribution is -2.40. The summed E-state index contributed by atoms with van der Waals surface area (Å²) < 4.78 is 2.92. The molecule has 0 bridgehead atoms. The van der Waals surface area contributed by atoms with Crippen molar-refractivity contribution in [2.75, 3.05) is 17.8 Å². The minimum atomic E-state index is 0.0442. The van der Waals surface area contributed by atoms with Crippen LogP contribution in [-0.4, -0.2) is 27.5 Å². The molecule has 5 nitrogen and oxygen atoms in total. The van der Waals surface area contributed by atoms with Crippen LogP contribution in [0.4, 0.5) is 11.5 Å². The van der Waals surface area contributed by atoms with E-state index in [0.717, 1.165) is 26.9 Å². The molecule has 2 aromatic carbocycles. The van der Waals surface area contributed by atoms with E-state index < -0.39 is 0 Å². The summed E-state index contributed by atoms with van der Waals surface area (Å²) in [4.78, 5) is 12.8. The van der Waals surface area contributed by atoms with Gasteiger partial charge in [0.2, 0.25) is 0 Å². The van der Waals surface area contributed by atoms with Crippen molar-refractivity contribution in [3.8, 4) is 0 Å². The van der Waals surface area contributed by atoms with Gasteiger partial charge in [-0.2, -0.15) is 0 Å². The van der Waals surface area contributed by atoms with Gasteiger partial charge >= 0.3 is 0 Å². The van der Waals surface area contributed by atoms with Gasteiger partial charge in [-0.25, -0.2) is 0 Å². The summed E-state index contributed by atoms with van der Waals surface area (Å²) in [5, 5.41) is 6.59. The van der Waals surface area contributed by atoms with Crippen LogP contribution in [-0.2, 0) is 6.54 Å². The molecular weight excluding hydrogens is 400 g/mol. The number of carbonyl (C=O) groups is 1. The van der Waals surface area contributed by atoms with Crippen LogP contribution in [0.15, 0.2) is 53.0 Å². The van der Waals surface area contributed by atoms with Gasteiger partial charge in [0.05, 0.1) is 12.1 Å². The molecule has 0 radical (unpaired) electrons. The largest absolute Gasteiger partial charge is 0.318 e. The first-order valence-electron chi connectivity index (χ1n) is 7.76. The number of halogens is 1. The number of anilines is 2. The summed E-state index contributed by atoms with van der Waals surface area (Å²) in [6, 6.07) is 15.4. The molecular formula is C18H15BrN4OS. The lowest BCUT2D eigenvalue weighted by molar-refractivity contribution is 0.0974. The molecule has 0 fully saturated rings. The van der Waals surface area contributed by atoms with Crippen LogP contribution in [0.25, 0.3) is 10.9 Å². The fourth-order valence-corrected chi connectivity index (χ4v) is 3.39. The molecule has 0 aliphatic carbocycles. The maximum Gasteiger partial charge on any atom is 0.193 e. The summed E-state index contributed by atoms with van der Waals surface area (Å²) in [6.45, 7) is 0.235. The van der Waals surface area contributed by atoms with Gasteiger partial charge in [0.1, 0.15) is 11.5 Å². The van der Waals surface area contributed by atoms with Gasteiger partial charge in [-0.3, -0.25) is 15.2 Å². The van der Waals surface area contributed by atoms with E-state index >= 15 is 0 Å². The van der Waals surface area contributed by atoms with E-state index in [9.17, 15) is 4.79 Å². The molecule has 2 N–H and O–H groups in total. The maximum absolute atomic E-state index is 12.8. The molecule has 0 saturated heterocycles. The number of hydrogen-bond donors (Lipinski definition) is 2. The SMILES string of the molecule is CN1Nc2c(n(CC(=O)c3ccc(Br)cc3)c3ccccc23)NC1=S. The zero-order valence-corrected chi connectivity index (χ0v) is 15.8. The summed E-state index contributed by atoms with van der Waals surface area (Å²) in [5.41, 5.74) is 5.87. The van der Waals surface area contributed by atoms with E-state index in [0.29, 0.717) is 10.7 Å². The Bertz CT molecular complexity index is 996. The average Bonchev–Trinajstić information content (AvgIpc) is 2.89. The molecule has 0 unspecified atom stereocenters. The molecule has 1 aliphatic rings. The Hall–Kier alpha value is -2.38. The molecule has 0 amide bonds. The number of ketones is 1. The predicted molar refractivity (Wildman–Crippen MR) is 108 cm³/mol. The van der Waals surface area contributed by atoms with Crippen molar-refractivity contribution in [1.82, 2.24) is 9.58 Å². The molecule has 4 rings (SSSR count). The number of aromatic nitrogens is 1. The second-order valence-electron chi connectivity index (χ2n) is 5.86. The van der Waals surface area contributed by atoms with Crippen LogP contribution in [0, 0.1) is 0 Å². The third-order valence-corrected chi connectivity index (χ3v) is 5.15. The van der Waals surface area contributed by atoms with E-state index in [1.807, 2.05) is 60.1 Å². The number of fused-ring (bicyclic) bond motifs is 3. The molecule has 3 aromatic rings. The van der Waals surface area contributed by atoms with Crippen molar-refractivity contribution in [3.05, 3.63) is 58.6 Å². The Kier molecular flexibility index (Phi) is 3.97. The van der Waals surface area contributed by atoms with Crippen LogP contribution in [0.3, 0.4) is 0 Å². The van der Waals surface area contributed by atoms with Crippen molar-refractivity contribution in [2.45, 2.75) is 6.54 Å². The van der Waals surface area contributed by atoms with Crippen molar-refractivity contribution in [2.24, 2.45) is 0 Å². The summed E-state index contributed by atoms with van der Waals surface area (Å²) in [7, 11) is 1.86. The van der Waals surface area contributed by atoms with E-state index in [1.165, 1.54) is 0 Å². The van der Waals surface area contributed by atoms with Gasteiger partial charge in [0.15, 0.2) is 10.9 Å². The number of carbonyl (C=O) groups excluding carboxylic acids is 1. The molecule has 0 saturated carbocycles. The number of nitrogens with zero attached hydrogens (tertiary/aromatic N) is 2. The highest BCUT2D eigenvalue weighted by Crippen LogP contribution is 2.37. The Morgan fingerprint density at radius 2 is 1.88 bits per heavy atom. The molecule has 0 atom stereocenters. The fourth-order valence-electron chi connectivity index (χ4n) is 2.99. The minimum Gasteiger partial charge on any atom is -0.318 e. The van der Waals surface area contributed by atoms with Crippen molar-refractivity contribution in [3.63, 3.8) is 0 Å². The van der Waals surface area contributed by atoms with E-state index in [-0.39, 0.29) is 12.3 Å². The van der Waals surface area contributed by atoms with Crippen LogP contribution < -0.4 is 10.7 Å².